The zero-order chi connectivity index (χ0) is 21.1. The second kappa shape index (κ2) is 8.51. The molecule has 0 bridgehead atoms. The molecule has 0 saturated heterocycles. The van der Waals surface area contributed by atoms with Crippen LogP contribution in [0.4, 0.5) is 11.4 Å². The maximum absolute atomic E-state index is 13.3. The first-order valence-electron chi connectivity index (χ1n) is 10.2. The van der Waals surface area contributed by atoms with E-state index in [-0.39, 0.29) is 18.0 Å². The van der Waals surface area contributed by atoms with Crippen molar-refractivity contribution in [2.24, 2.45) is 5.73 Å². The fourth-order valence-corrected chi connectivity index (χ4v) is 3.89. The van der Waals surface area contributed by atoms with E-state index >= 15 is 0 Å². The van der Waals surface area contributed by atoms with Gasteiger partial charge in [-0.25, -0.2) is 0 Å². The zero-order valence-electron chi connectivity index (χ0n) is 17.0. The summed E-state index contributed by atoms with van der Waals surface area (Å²) in [5.74, 6) is -0.302. The molecule has 0 aromatic heterocycles. The van der Waals surface area contributed by atoms with Gasteiger partial charge in [0.15, 0.2) is 0 Å². The van der Waals surface area contributed by atoms with Crippen LogP contribution < -0.4 is 16.0 Å². The number of carbonyl (C=O) groups excluding carboxylic acids is 2. The van der Waals surface area contributed by atoms with E-state index in [1.807, 2.05) is 43.3 Å². The highest BCUT2D eigenvalue weighted by Gasteiger charge is 2.27. The zero-order valence-corrected chi connectivity index (χ0v) is 17.0. The Morgan fingerprint density at radius 3 is 2.43 bits per heavy atom. The van der Waals surface area contributed by atoms with Gasteiger partial charge in [0.05, 0.1) is 6.17 Å². The lowest BCUT2D eigenvalue weighted by Crippen LogP contribution is -2.45. The molecule has 0 aliphatic carbocycles. The molecule has 1 aliphatic rings. The average molecular weight is 399 g/mol. The van der Waals surface area contributed by atoms with Crippen molar-refractivity contribution < 1.29 is 9.59 Å². The van der Waals surface area contributed by atoms with Gasteiger partial charge in [0.1, 0.15) is 0 Å². The van der Waals surface area contributed by atoms with Gasteiger partial charge in [-0.05, 0) is 73.7 Å². The van der Waals surface area contributed by atoms with Crippen molar-refractivity contribution in [2.75, 3.05) is 10.2 Å². The van der Waals surface area contributed by atoms with E-state index in [2.05, 4.69) is 11.4 Å². The fraction of sp³-hybridized carbons (Fsp3) is 0.200. The van der Waals surface area contributed by atoms with Crippen LogP contribution in [-0.2, 0) is 6.42 Å². The minimum Gasteiger partial charge on any atom is -0.322 e. The Morgan fingerprint density at radius 1 is 0.967 bits per heavy atom. The third-order valence-electron chi connectivity index (χ3n) is 5.53. The van der Waals surface area contributed by atoms with E-state index in [4.69, 9.17) is 5.73 Å². The van der Waals surface area contributed by atoms with E-state index in [0.717, 1.165) is 36.1 Å². The molecule has 1 atom stereocenters. The minimum atomic E-state index is -0.360. The molecule has 0 spiro atoms. The highest BCUT2D eigenvalue weighted by Crippen LogP contribution is 2.29. The Kier molecular flexibility index (Phi) is 5.63. The Balaban J connectivity index is 1.55. The molecule has 1 aliphatic heterocycles. The number of aryl methyl sites for hydroxylation is 2. The molecular formula is C25H25N3O2. The molecule has 0 fully saturated rings. The summed E-state index contributed by atoms with van der Waals surface area (Å²) < 4.78 is 0. The third kappa shape index (κ3) is 3.98. The number of anilines is 2. The maximum atomic E-state index is 13.3. The van der Waals surface area contributed by atoms with Gasteiger partial charge in [0.25, 0.3) is 11.8 Å². The van der Waals surface area contributed by atoms with E-state index < -0.39 is 0 Å². The molecule has 3 aromatic carbocycles. The van der Waals surface area contributed by atoms with E-state index in [0.29, 0.717) is 16.8 Å². The van der Waals surface area contributed by atoms with Crippen LogP contribution in [0.15, 0.2) is 72.8 Å². The standard InChI is InChI=1S/C25H25N3O2/c1-17-7-2-4-10-21(17)24(29)27-20-15-13-19(14-16-20)25(30)28-22-11-5-3-8-18(22)9-6-12-23(28)26/h2-5,7-8,10-11,13-16,23H,6,9,12,26H2,1H3,(H,27,29). The van der Waals surface area contributed by atoms with Crippen molar-refractivity contribution >= 4 is 23.2 Å². The normalized spacial score (nSPS) is 15.8. The number of hydrogen-bond donors (Lipinski definition) is 2. The van der Waals surface area contributed by atoms with E-state index in [1.165, 1.54) is 0 Å². The van der Waals surface area contributed by atoms with Gasteiger partial charge in [-0.1, -0.05) is 36.4 Å². The third-order valence-corrected chi connectivity index (χ3v) is 5.53. The molecular weight excluding hydrogens is 374 g/mol. The van der Waals surface area contributed by atoms with Gasteiger partial charge in [-0.3, -0.25) is 14.5 Å². The highest BCUT2D eigenvalue weighted by atomic mass is 16.2. The van der Waals surface area contributed by atoms with Gasteiger partial charge in [0.2, 0.25) is 0 Å². The first-order valence-corrected chi connectivity index (χ1v) is 10.2. The number of carbonyl (C=O) groups is 2. The molecule has 0 radical (unpaired) electrons. The molecule has 4 rings (SSSR count). The van der Waals surface area contributed by atoms with Crippen molar-refractivity contribution in [3.8, 4) is 0 Å². The minimum absolute atomic E-state index is 0.131. The maximum Gasteiger partial charge on any atom is 0.259 e. The second-order valence-electron chi connectivity index (χ2n) is 7.61. The number of nitrogens with zero attached hydrogens (tertiary/aromatic N) is 1. The quantitative estimate of drug-likeness (QED) is 0.680. The number of benzene rings is 3. The summed E-state index contributed by atoms with van der Waals surface area (Å²) >= 11 is 0. The lowest BCUT2D eigenvalue weighted by atomic mass is 10.1. The molecule has 2 amide bonds. The summed E-state index contributed by atoms with van der Waals surface area (Å²) in [6.45, 7) is 1.90. The number of hydrogen-bond acceptors (Lipinski definition) is 3. The number of amides is 2. The molecule has 30 heavy (non-hydrogen) atoms. The highest BCUT2D eigenvalue weighted by molar-refractivity contribution is 6.08. The van der Waals surface area contributed by atoms with Crippen LogP contribution in [0.1, 0.15) is 44.7 Å². The van der Waals surface area contributed by atoms with Crippen LogP contribution in [0, 0.1) is 6.92 Å². The molecule has 3 aromatic rings. The smallest absolute Gasteiger partial charge is 0.259 e. The molecule has 0 saturated carbocycles. The average Bonchev–Trinajstić information content (AvgIpc) is 2.92. The largest absolute Gasteiger partial charge is 0.322 e. The Bertz CT molecular complexity index is 1080. The first-order chi connectivity index (χ1) is 14.5. The monoisotopic (exact) mass is 399 g/mol. The molecule has 5 nitrogen and oxygen atoms in total. The number of rotatable bonds is 3. The molecule has 5 heteroatoms. The van der Waals surface area contributed by atoms with Crippen molar-refractivity contribution in [1.29, 1.82) is 0 Å². The number of nitrogens with one attached hydrogen (secondary N) is 1. The molecule has 1 heterocycles. The Labute approximate surface area is 176 Å². The van der Waals surface area contributed by atoms with E-state index in [9.17, 15) is 9.59 Å². The van der Waals surface area contributed by atoms with Crippen LogP contribution >= 0.6 is 0 Å². The first kappa shape index (κ1) is 19.9. The summed E-state index contributed by atoms with van der Waals surface area (Å²) in [5, 5.41) is 2.89. The summed E-state index contributed by atoms with van der Waals surface area (Å²) in [5.41, 5.74) is 11.1. The van der Waals surface area contributed by atoms with E-state index in [1.54, 1.807) is 35.2 Å². The summed E-state index contributed by atoms with van der Waals surface area (Å²) in [6, 6.07) is 22.3. The lowest BCUT2D eigenvalue weighted by molar-refractivity contribution is 0.0975. The molecule has 152 valence electrons. The second-order valence-corrected chi connectivity index (χ2v) is 7.61. The van der Waals surface area contributed by atoms with Crippen LogP contribution in [0.5, 0.6) is 0 Å². The molecule has 1 unspecified atom stereocenters. The van der Waals surface area contributed by atoms with Gasteiger partial charge < -0.3 is 11.1 Å². The lowest BCUT2D eigenvalue weighted by Gasteiger charge is -2.28. The SMILES string of the molecule is Cc1ccccc1C(=O)Nc1ccc(C(=O)N2c3ccccc3CCCC2N)cc1. The Morgan fingerprint density at radius 2 is 1.67 bits per heavy atom. The topological polar surface area (TPSA) is 75.4 Å². The van der Waals surface area contributed by atoms with Crippen molar-refractivity contribution in [2.45, 2.75) is 32.4 Å². The van der Waals surface area contributed by atoms with Crippen molar-refractivity contribution in [3.05, 3.63) is 95.1 Å². The van der Waals surface area contributed by atoms with Crippen LogP contribution in [0.3, 0.4) is 0 Å². The number of fused-ring (bicyclic) bond motifs is 1. The number of nitrogens with two attached hydrogens (primary N) is 1. The van der Waals surface area contributed by atoms with Gasteiger partial charge in [0, 0.05) is 22.5 Å². The van der Waals surface area contributed by atoms with Crippen molar-refractivity contribution in [3.63, 3.8) is 0 Å². The van der Waals surface area contributed by atoms with Crippen LogP contribution in [0.2, 0.25) is 0 Å². The summed E-state index contributed by atoms with van der Waals surface area (Å²) in [6.07, 6.45) is 2.26. The fourth-order valence-electron chi connectivity index (χ4n) is 3.89. The summed E-state index contributed by atoms with van der Waals surface area (Å²) in [4.78, 5) is 27.5. The number of para-hydroxylation sites is 1. The van der Waals surface area contributed by atoms with Gasteiger partial charge in [-0.2, -0.15) is 0 Å². The van der Waals surface area contributed by atoms with Crippen LogP contribution in [-0.4, -0.2) is 18.0 Å². The Hall–Kier alpha value is -3.44. The van der Waals surface area contributed by atoms with Crippen molar-refractivity contribution in [1.82, 2.24) is 0 Å². The predicted octanol–water partition coefficient (Wildman–Crippen LogP) is 4.52. The van der Waals surface area contributed by atoms with Crippen LogP contribution in [0.25, 0.3) is 0 Å². The van der Waals surface area contributed by atoms with Gasteiger partial charge in [-0.15, -0.1) is 0 Å². The summed E-state index contributed by atoms with van der Waals surface area (Å²) in [7, 11) is 0. The molecule has 3 N–H and O–H groups in total. The van der Waals surface area contributed by atoms with Gasteiger partial charge >= 0.3 is 0 Å². The predicted molar refractivity (Wildman–Crippen MR) is 120 cm³/mol.